The number of halogens is 4. The molecule has 5 aromatic rings. The van der Waals surface area contributed by atoms with Gasteiger partial charge in [-0.1, -0.05) is 72.6 Å². The number of fused-ring (bicyclic) bond motifs is 8. The van der Waals surface area contributed by atoms with Gasteiger partial charge in [0.25, 0.3) is 0 Å². The first kappa shape index (κ1) is 43.7. The van der Waals surface area contributed by atoms with Crippen LogP contribution in [-0.4, -0.2) is 52.3 Å². The summed E-state index contributed by atoms with van der Waals surface area (Å²) in [5, 5.41) is 27.2. The molecule has 4 aromatic carbocycles. The largest absolute Gasteiger partial charge is 0.497 e. The Morgan fingerprint density at radius 1 is 0.967 bits per heavy atom. The van der Waals surface area contributed by atoms with E-state index in [0.29, 0.717) is 67.5 Å². The Kier molecular flexibility index (Phi) is 12.9. The third-order valence-electron chi connectivity index (χ3n) is 12.6. The Hall–Kier alpha value is -5.36. The molecule has 1 saturated carbocycles. The van der Waals surface area contributed by atoms with E-state index in [-0.39, 0.29) is 47.1 Å². The summed E-state index contributed by atoms with van der Waals surface area (Å²) < 4.78 is 52.3. The van der Waals surface area contributed by atoms with Crippen molar-refractivity contribution in [2.45, 2.75) is 89.1 Å². The fourth-order valence-corrected chi connectivity index (χ4v) is 9.23. The van der Waals surface area contributed by atoms with Crippen molar-refractivity contribution in [2.75, 3.05) is 19.0 Å². The minimum Gasteiger partial charge on any atom is -0.497 e. The summed E-state index contributed by atoms with van der Waals surface area (Å²) in [4.78, 5) is 30.6. The molecule has 0 radical (unpaired) electrons. The number of allylic oxidation sites excluding steroid dienone is 2. The Morgan fingerprint density at radius 3 is 2.44 bits per heavy atom. The molecule has 1 aromatic heterocycles. The van der Waals surface area contributed by atoms with Gasteiger partial charge in [0.15, 0.2) is 5.76 Å². The van der Waals surface area contributed by atoms with Crippen LogP contribution in [0.25, 0.3) is 11.3 Å². The van der Waals surface area contributed by atoms with Crippen LogP contribution in [0, 0.1) is 5.41 Å². The number of anilines is 1. The summed E-state index contributed by atoms with van der Waals surface area (Å²) in [5.41, 5.74) is 1.08. The van der Waals surface area contributed by atoms with Gasteiger partial charge in [-0.15, -0.1) is 0 Å². The van der Waals surface area contributed by atoms with Gasteiger partial charge in [-0.05, 0) is 135 Å². The van der Waals surface area contributed by atoms with Gasteiger partial charge in [0.1, 0.15) is 11.5 Å². The van der Waals surface area contributed by atoms with Gasteiger partial charge in [-0.3, -0.25) is 4.79 Å². The van der Waals surface area contributed by atoms with Gasteiger partial charge >= 0.3 is 12.2 Å². The number of rotatable bonds is 9. The summed E-state index contributed by atoms with van der Waals surface area (Å²) in [6, 6.07) is 27.5. The van der Waals surface area contributed by atoms with E-state index < -0.39 is 34.6 Å². The molecule has 12 heteroatoms. The number of nitrogens with zero attached hydrogens (tertiary/aromatic N) is 1. The number of hydrogen-bond acceptors (Lipinski definition) is 6. The Balaban J connectivity index is 1.28. The van der Waals surface area contributed by atoms with Crippen molar-refractivity contribution in [2.24, 2.45) is 5.41 Å². The molecule has 320 valence electrons. The van der Waals surface area contributed by atoms with Crippen LogP contribution >= 0.6 is 11.6 Å². The second-order valence-corrected chi connectivity index (χ2v) is 17.0. The van der Waals surface area contributed by atoms with Crippen LogP contribution in [0.2, 0.25) is 5.02 Å². The van der Waals surface area contributed by atoms with Crippen LogP contribution in [0.4, 0.5) is 23.7 Å². The lowest BCUT2D eigenvalue weighted by atomic mass is 9.64. The van der Waals surface area contributed by atoms with Crippen molar-refractivity contribution >= 4 is 29.1 Å². The molecule has 0 saturated heterocycles. The number of amides is 2. The van der Waals surface area contributed by atoms with Gasteiger partial charge in [-0.25, -0.2) is 4.79 Å². The standard InChI is InChI=1S/C49H50ClF3N2O6/c1-31-8-7-24-47(2)41(23-25-48(47,59)30-55(29-32-9-5-4-6-10-32)46(58)54-35-14-17-37(60-3)18-15-35)38-19-12-33(26-36(56)16-11-31)27-39(38)45(57)44-22-21-43(61-44)40-28-34(49(51,52)53)13-20-42(40)50/h4-6,8-10,12-15,17-22,27-28,36,41,56,59H,7,11,16,23-26,29-30H2,1-3H3,(H,54,58). The number of carbonyl (C=O) groups is 2. The first-order valence-electron chi connectivity index (χ1n) is 20.5. The number of nitrogens with one attached hydrogen (secondary N) is 1. The molecule has 1 fully saturated rings. The van der Waals surface area contributed by atoms with E-state index in [4.69, 9.17) is 20.8 Å². The molecule has 3 aliphatic carbocycles. The predicted octanol–water partition coefficient (Wildman–Crippen LogP) is 11.6. The molecule has 4 unspecified atom stereocenters. The van der Waals surface area contributed by atoms with Crippen LogP contribution in [0.1, 0.15) is 96.7 Å². The first-order chi connectivity index (χ1) is 29.1. The molecule has 1 heterocycles. The van der Waals surface area contributed by atoms with Crippen LogP contribution in [0.5, 0.6) is 5.75 Å². The molecular weight excluding hydrogens is 805 g/mol. The number of ether oxygens (including phenoxy) is 1. The van der Waals surface area contributed by atoms with Crippen LogP contribution in [0.3, 0.4) is 0 Å². The molecule has 0 aliphatic heterocycles. The predicted molar refractivity (Wildman–Crippen MR) is 230 cm³/mol. The van der Waals surface area contributed by atoms with E-state index in [1.54, 1.807) is 42.3 Å². The van der Waals surface area contributed by atoms with Crippen molar-refractivity contribution < 1.29 is 42.1 Å². The van der Waals surface area contributed by atoms with Crippen LogP contribution in [0.15, 0.2) is 119 Å². The summed E-state index contributed by atoms with van der Waals surface area (Å²) in [5.74, 6) is -0.315. The third kappa shape index (κ3) is 9.59. The maximum absolute atomic E-state index is 14.7. The molecule has 2 amide bonds. The second kappa shape index (κ2) is 17.9. The summed E-state index contributed by atoms with van der Waals surface area (Å²) in [7, 11) is 1.57. The number of urea groups is 1. The van der Waals surface area contributed by atoms with Gasteiger partial charge in [-0.2, -0.15) is 13.2 Å². The van der Waals surface area contributed by atoms with Gasteiger partial charge in [0.05, 0.1) is 35.9 Å². The van der Waals surface area contributed by atoms with Crippen molar-refractivity contribution in [3.05, 3.63) is 153 Å². The van der Waals surface area contributed by atoms with E-state index in [9.17, 15) is 33.0 Å². The first-order valence-corrected chi connectivity index (χ1v) is 20.9. The van der Waals surface area contributed by atoms with E-state index in [2.05, 4.69) is 11.4 Å². The number of ketones is 1. The number of carbonyl (C=O) groups excluding carboxylic acids is 2. The molecule has 8 rings (SSSR count). The quantitative estimate of drug-likeness (QED) is 0.101. The maximum atomic E-state index is 14.7. The highest BCUT2D eigenvalue weighted by atomic mass is 35.5. The zero-order valence-electron chi connectivity index (χ0n) is 34.4. The molecule has 3 aliphatic rings. The highest BCUT2D eigenvalue weighted by Crippen LogP contribution is 2.59. The molecule has 0 spiro atoms. The summed E-state index contributed by atoms with van der Waals surface area (Å²) >= 11 is 6.35. The molecule has 8 nitrogen and oxygen atoms in total. The van der Waals surface area contributed by atoms with Gasteiger partial charge in [0.2, 0.25) is 5.78 Å². The molecule has 4 atom stereocenters. The van der Waals surface area contributed by atoms with E-state index >= 15 is 0 Å². The number of furan rings is 1. The molecular formula is C49H50ClF3N2O6. The minimum absolute atomic E-state index is 0.00313. The average Bonchev–Trinajstić information content (AvgIpc) is 3.82. The molecule has 61 heavy (non-hydrogen) atoms. The highest BCUT2D eigenvalue weighted by Gasteiger charge is 2.57. The van der Waals surface area contributed by atoms with Gasteiger partial charge < -0.3 is 29.6 Å². The Bertz CT molecular complexity index is 2400. The van der Waals surface area contributed by atoms with Crippen molar-refractivity contribution in [1.29, 1.82) is 0 Å². The highest BCUT2D eigenvalue weighted by molar-refractivity contribution is 6.33. The fraction of sp³-hybridized carbons (Fsp3) is 0.347. The van der Waals surface area contributed by atoms with Gasteiger partial charge in [0, 0.05) is 28.8 Å². The smallest absolute Gasteiger partial charge is 0.416 e. The number of hydrogen-bond donors (Lipinski definition) is 3. The second-order valence-electron chi connectivity index (χ2n) is 16.6. The lowest BCUT2D eigenvalue weighted by Gasteiger charge is -2.46. The number of methoxy groups -OCH3 is 1. The van der Waals surface area contributed by atoms with E-state index in [1.165, 1.54) is 12.1 Å². The summed E-state index contributed by atoms with van der Waals surface area (Å²) in [6.45, 7) is 4.29. The van der Waals surface area contributed by atoms with Crippen molar-refractivity contribution in [3.8, 4) is 17.1 Å². The van der Waals surface area contributed by atoms with Crippen molar-refractivity contribution in [1.82, 2.24) is 4.90 Å². The lowest BCUT2D eigenvalue weighted by molar-refractivity contribution is -0.137. The zero-order chi connectivity index (χ0) is 43.5. The van der Waals surface area contributed by atoms with E-state index in [1.807, 2.05) is 56.3 Å². The molecule has 2 bridgehead atoms. The Labute approximate surface area is 359 Å². The zero-order valence-corrected chi connectivity index (χ0v) is 35.2. The lowest BCUT2D eigenvalue weighted by Crippen LogP contribution is -2.54. The Morgan fingerprint density at radius 2 is 1.72 bits per heavy atom. The fourth-order valence-electron chi connectivity index (χ4n) is 9.02. The SMILES string of the molecule is COc1ccc(NC(=O)N(Cc2ccccc2)CC2(O)CCC3c4ccc(cc4C(=O)c4ccc(-c5cc(C(F)(F)F)ccc5Cl)o4)CC(O)CCC(C)=CCCC32C)cc1. The number of aliphatic hydroxyl groups is 2. The normalized spacial score (nSPS) is 21.9. The minimum atomic E-state index is -4.62. The van der Waals surface area contributed by atoms with E-state index in [0.717, 1.165) is 34.9 Å². The van der Waals surface area contributed by atoms with Crippen LogP contribution in [-0.2, 0) is 19.1 Å². The number of aliphatic hydroxyl groups excluding tert-OH is 1. The van der Waals surface area contributed by atoms with Crippen molar-refractivity contribution in [3.63, 3.8) is 0 Å². The topological polar surface area (TPSA) is 112 Å². The third-order valence-corrected chi connectivity index (χ3v) is 12.9. The monoisotopic (exact) mass is 854 g/mol. The summed E-state index contributed by atoms with van der Waals surface area (Å²) in [6.07, 6.45) is 0.263. The number of benzene rings is 4. The average molecular weight is 855 g/mol. The molecule has 3 N–H and O–H groups in total. The number of alkyl halides is 3. The maximum Gasteiger partial charge on any atom is 0.416 e. The van der Waals surface area contributed by atoms with Crippen LogP contribution < -0.4 is 10.1 Å².